The second-order valence-electron chi connectivity index (χ2n) is 7.97. The second kappa shape index (κ2) is 8.22. The lowest BCUT2D eigenvalue weighted by Crippen LogP contribution is -2.53. The van der Waals surface area contributed by atoms with Crippen molar-refractivity contribution in [3.05, 3.63) is 36.8 Å². The number of aryl methyl sites for hydroxylation is 1. The third kappa shape index (κ3) is 3.86. The molecule has 174 valence electrons. The number of anilines is 1. The first kappa shape index (κ1) is 18.1. The van der Waals surface area contributed by atoms with Crippen LogP contribution < -0.4 is 10.1 Å². The van der Waals surface area contributed by atoms with Crippen LogP contribution in [-0.2, 0) is 6.54 Å². The molecule has 33 heavy (non-hydrogen) atoms. The van der Waals surface area contributed by atoms with Crippen LogP contribution in [0.3, 0.4) is 0 Å². The van der Waals surface area contributed by atoms with Gasteiger partial charge in [-0.25, -0.2) is 22.7 Å². The van der Waals surface area contributed by atoms with Gasteiger partial charge in [0.1, 0.15) is 12.2 Å². The van der Waals surface area contributed by atoms with Gasteiger partial charge < -0.3 is 19.5 Å². The number of alkyl halides is 3. The molecule has 4 aromatic rings. The number of nitrogens with one attached hydrogen (secondary N) is 1. The summed E-state index contributed by atoms with van der Waals surface area (Å²) in [6, 6.07) is 6.05. The average Bonchev–Trinajstić information content (AvgIpc) is 3.43. The summed E-state index contributed by atoms with van der Waals surface area (Å²) in [6.45, 7) is -3.82. The summed E-state index contributed by atoms with van der Waals surface area (Å²) in [5.74, 6) is -3.20. The molecule has 0 saturated carbocycles. The minimum absolute atomic E-state index is 0.0156. The SMILES string of the molecule is [2H]C([2H])([2H])N1CC[C@@H](Nc2nc(OC)c3c(-c4ccc5ncn(CCF)c5c4)ccn3n2)C(F)(F)C1. The fourth-order valence-electron chi connectivity index (χ4n) is 4.20. The van der Waals surface area contributed by atoms with Gasteiger partial charge in [-0.2, -0.15) is 4.98 Å². The van der Waals surface area contributed by atoms with Crippen LogP contribution in [0.5, 0.6) is 5.88 Å². The molecule has 1 aromatic carbocycles. The van der Waals surface area contributed by atoms with Gasteiger partial charge in [0.2, 0.25) is 11.8 Å². The summed E-state index contributed by atoms with van der Waals surface area (Å²) in [5, 5.41) is 7.02. The molecule has 0 amide bonds. The Hall–Kier alpha value is -3.34. The fourth-order valence-corrected chi connectivity index (χ4v) is 4.20. The Morgan fingerprint density at radius 3 is 2.97 bits per heavy atom. The molecule has 1 aliphatic heterocycles. The average molecular weight is 462 g/mol. The highest BCUT2D eigenvalue weighted by atomic mass is 19.3. The molecule has 8 nitrogen and oxygen atoms in total. The number of hydrogen-bond donors (Lipinski definition) is 1. The highest BCUT2D eigenvalue weighted by molar-refractivity contribution is 5.89. The highest BCUT2D eigenvalue weighted by Crippen LogP contribution is 2.34. The van der Waals surface area contributed by atoms with Crippen molar-refractivity contribution in [2.75, 3.05) is 39.2 Å². The molecule has 1 N–H and O–H groups in total. The van der Waals surface area contributed by atoms with Gasteiger partial charge in [-0.05, 0) is 37.2 Å². The molecule has 1 saturated heterocycles. The number of ether oxygens (including phenoxy) is 1. The maximum atomic E-state index is 14.8. The predicted molar refractivity (Wildman–Crippen MR) is 119 cm³/mol. The normalized spacial score (nSPS) is 20.5. The lowest BCUT2D eigenvalue weighted by Gasteiger charge is -2.36. The van der Waals surface area contributed by atoms with Crippen LogP contribution >= 0.6 is 0 Å². The Kier molecular flexibility index (Phi) is 4.51. The van der Waals surface area contributed by atoms with Crippen LogP contribution in [0, 0.1) is 0 Å². The summed E-state index contributed by atoms with van der Waals surface area (Å²) in [4.78, 5) is 9.40. The van der Waals surface area contributed by atoms with Gasteiger partial charge in [0.25, 0.3) is 5.92 Å². The second-order valence-corrected chi connectivity index (χ2v) is 7.97. The van der Waals surface area contributed by atoms with E-state index < -0.39 is 32.2 Å². The van der Waals surface area contributed by atoms with Gasteiger partial charge >= 0.3 is 0 Å². The van der Waals surface area contributed by atoms with E-state index in [-0.39, 0.29) is 31.3 Å². The summed E-state index contributed by atoms with van der Waals surface area (Å²) in [7, 11) is 1.42. The Morgan fingerprint density at radius 1 is 1.33 bits per heavy atom. The minimum Gasteiger partial charge on any atom is -0.479 e. The number of likely N-dealkylation sites (tertiary alicyclic amines) is 1. The molecule has 0 bridgehead atoms. The quantitative estimate of drug-likeness (QED) is 0.473. The molecule has 5 rings (SSSR count). The van der Waals surface area contributed by atoms with Crippen molar-refractivity contribution in [3.8, 4) is 17.0 Å². The van der Waals surface area contributed by atoms with Crippen molar-refractivity contribution in [1.82, 2.24) is 29.0 Å². The van der Waals surface area contributed by atoms with Gasteiger partial charge in [-0.1, -0.05) is 6.07 Å². The van der Waals surface area contributed by atoms with E-state index >= 15 is 0 Å². The maximum absolute atomic E-state index is 14.8. The molecule has 4 heterocycles. The van der Waals surface area contributed by atoms with E-state index in [2.05, 4.69) is 20.4 Å². The van der Waals surface area contributed by atoms with Crippen LogP contribution in [0.2, 0.25) is 0 Å². The van der Waals surface area contributed by atoms with Gasteiger partial charge in [0.05, 0.1) is 43.6 Å². The zero-order valence-corrected chi connectivity index (χ0v) is 17.8. The molecule has 3 aromatic heterocycles. The number of rotatable bonds is 6. The monoisotopic (exact) mass is 462 g/mol. The Balaban J connectivity index is 1.47. The number of benzene rings is 1. The van der Waals surface area contributed by atoms with E-state index in [1.165, 1.54) is 11.6 Å². The summed E-state index contributed by atoms with van der Waals surface area (Å²) in [6.07, 6.45) is 3.16. The summed E-state index contributed by atoms with van der Waals surface area (Å²) >= 11 is 0. The van der Waals surface area contributed by atoms with E-state index in [0.717, 1.165) is 27.1 Å². The largest absolute Gasteiger partial charge is 0.479 e. The van der Waals surface area contributed by atoms with Crippen LogP contribution in [-0.4, -0.2) is 74.9 Å². The van der Waals surface area contributed by atoms with Crippen molar-refractivity contribution in [1.29, 1.82) is 0 Å². The first-order chi connectivity index (χ1) is 17.1. The van der Waals surface area contributed by atoms with E-state index in [0.29, 0.717) is 5.52 Å². The van der Waals surface area contributed by atoms with Crippen molar-refractivity contribution in [2.45, 2.75) is 24.9 Å². The number of imidazole rings is 1. The van der Waals surface area contributed by atoms with E-state index in [9.17, 15) is 13.2 Å². The van der Waals surface area contributed by atoms with E-state index in [1.807, 2.05) is 18.2 Å². The van der Waals surface area contributed by atoms with Crippen LogP contribution in [0.4, 0.5) is 19.1 Å². The molecule has 11 heteroatoms. The molecule has 0 radical (unpaired) electrons. The molecule has 1 atom stereocenters. The number of aromatic nitrogens is 5. The molecular weight excluding hydrogens is 435 g/mol. The Bertz CT molecular complexity index is 1410. The number of piperidine rings is 1. The topological polar surface area (TPSA) is 72.5 Å². The first-order valence-corrected chi connectivity index (χ1v) is 10.4. The number of methoxy groups -OCH3 is 1. The minimum atomic E-state index is -3.31. The maximum Gasteiger partial charge on any atom is 0.280 e. The first-order valence-electron chi connectivity index (χ1n) is 11.9. The number of hydrogen-bond acceptors (Lipinski definition) is 6. The Labute approximate surface area is 192 Å². The Morgan fingerprint density at radius 2 is 2.21 bits per heavy atom. The van der Waals surface area contributed by atoms with E-state index in [1.54, 1.807) is 23.2 Å². The van der Waals surface area contributed by atoms with Gasteiger partial charge in [0.15, 0.2) is 0 Å². The fraction of sp³-hybridized carbons (Fsp3) is 0.409. The predicted octanol–water partition coefficient (Wildman–Crippen LogP) is 3.48. The van der Waals surface area contributed by atoms with Crippen LogP contribution in [0.1, 0.15) is 10.5 Å². The number of nitrogens with zero attached hydrogens (tertiary/aromatic N) is 6. The molecule has 1 fully saturated rings. The van der Waals surface area contributed by atoms with Crippen molar-refractivity contribution < 1.29 is 22.0 Å². The van der Waals surface area contributed by atoms with Crippen molar-refractivity contribution in [2.24, 2.45) is 0 Å². The number of halogens is 3. The highest BCUT2D eigenvalue weighted by Gasteiger charge is 2.44. The van der Waals surface area contributed by atoms with E-state index in [4.69, 9.17) is 8.85 Å². The van der Waals surface area contributed by atoms with Crippen molar-refractivity contribution >= 4 is 22.5 Å². The van der Waals surface area contributed by atoms with Gasteiger partial charge in [-0.15, -0.1) is 5.10 Å². The van der Waals surface area contributed by atoms with Gasteiger partial charge in [0, 0.05) is 22.4 Å². The standard InChI is InChI=1S/C22H24F3N7O/c1-30-8-6-18(22(24,25)12-30)27-21-28-20(33-2)19-15(5-9-32(19)29-21)14-3-4-16-17(11-14)31(10-7-23)13-26-16/h3-5,9,11,13,18H,6-8,10,12H2,1-2H3,(H,27,29)/t18-/m1/s1/i1D3. The lowest BCUT2D eigenvalue weighted by atomic mass is 10.0. The molecular formula is C22H24F3N7O. The zero-order valence-electron chi connectivity index (χ0n) is 20.8. The van der Waals surface area contributed by atoms with Crippen LogP contribution in [0.15, 0.2) is 36.8 Å². The van der Waals surface area contributed by atoms with Crippen LogP contribution in [0.25, 0.3) is 27.7 Å². The van der Waals surface area contributed by atoms with Crippen molar-refractivity contribution in [3.63, 3.8) is 0 Å². The smallest absolute Gasteiger partial charge is 0.280 e. The summed E-state index contributed by atoms with van der Waals surface area (Å²) in [5.41, 5.74) is 3.58. The van der Waals surface area contributed by atoms with Gasteiger partial charge in [-0.3, -0.25) is 0 Å². The molecule has 0 spiro atoms. The molecule has 0 unspecified atom stereocenters. The third-order valence-corrected chi connectivity index (χ3v) is 5.83. The summed E-state index contributed by atoms with van der Waals surface area (Å²) < 4.78 is 73.4. The third-order valence-electron chi connectivity index (χ3n) is 5.83. The number of fused-ring (bicyclic) bond motifs is 2. The molecule has 0 aliphatic carbocycles. The lowest BCUT2D eigenvalue weighted by molar-refractivity contribution is -0.0675. The molecule has 1 aliphatic rings. The zero-order chi connectivity index (χ0) is 25.7.